The normalized spacial score (nSPS) is 22.8. The zero-order valence-corrected chi connectivity index (χ0v) is 11.8. The Morgan fingerprint density at radius 2 is 2.05 bits per heavy atom. The minimum atomic E-state index is 0.256. The first-order chi connectivity index (χ1) is 9.13. The van der Waals surface area contributed by atoms with E-state index in [2.05, 4.69) is 34.6 Å². The molecule has 0 amide bonds. The SMILES string of the molecule is COC1CCCC1Nc1cc(NN)nc(C(C)C)n1. The molecule has 0 radical (unpaired) electrons. The third-order valence-electron chi connectivity index (χ3n) is 3.50. The van der Waals surface area contributed by atoms with Gasteiger partial charge in [0.15, 0.2) is 0 Å². The molecule has 0 saturated heterocycles. The summed E-state index contributed by atoms with van der Waals surface area (Å²) in [5.41, 5.74) is 2.59. The molecule has 0 aliphatic heterocycles. The van der Waals surface area contributed by atoms with E-state index in [1.54, 1.807) is 7.11 Å². The van der Waals surface area contributed by atoms with Gasteiger partial charge >= 0.3 is 0 Å². The van der Waals surface area contributed by atoms with Crippen molar-refractivity contribution in [3.05, 3.63) is 11.9 Å². The van der Waals surface area contributed by atoms with Gasteiger partial charge in [-0.3, -0.25) is 0 Å². The molecule has 2 atom stereocenters. The van der Waals surface area contributed by atoms with E-state index in [4.69, 9.17) is 10.6 Å². The van der Waals surface area contributed by atoms with Crippen LogP contribution >= 0.6 is 0 Å². The molecule has 1 aliphatic carbocycles. The maximum absolute atomic E-state index is 5.48. The molecule has 4 N–H and O–H groups in total. The molecule has 1 aliphatic rings. The van der Waals surface area contributed by atoms with Crippen molar-refractivity contribution in [2.75, 3.05) is 17.9 Å². The molecule has 6 heteroatoms. The summed E-state index contributed by atoms with van der Waals surface area (Å²) in [6, 6.07) is 2.14. The summed E-state index contributed by atoms with van der Waals surface area (Å²) in [5.74, 6) is 7.94. The molecule has 6 nitrogen and oxygen atoms in total. The van der Waals surface area contributed by atoms with Crippen LogP contribution in [0, 0.1) is 0 Å². The predicted octanol–water partition coefficient (Wildman–Crippen LogP) is 1.86. The van der Waals surface area contributed by atoms with Gasteiger partial charge in [0, 0.05) is 19.1 Å². The quantitative estimate of drug-likeness (QED) is 0.556. The first kappa shape index (κ1) is 14.0. The number of hydrazine groups is 1. The summed E-state index contributed by atoms with van der Waals surface area (Å²) >= 11 is 0. The van der Waals surface area contributed by atoms with Gasteiger partial charge in [0.2, 0.25) is 0 Å². The van der Waals surface area contributed by atoms with Crippen LogP contribution in [0.2, 0.25) is 0 Å². The van der Waals surface area contributed by atoms with E-state index < -0.39 is 0 Å². The number of hydrogen-bond donors (Lipinski definition) is 3. The van der Waals surface area contributed by atoms with Gasteiger partial charge in [0.05, 0.1) is 12.1 Å². The maximum atomic E-state index is 5.48. The van der Waals surface area contributed by atoms with E-state index in [-0.39, 0.29) is 12.0 Å². The van der Waals surface area contributed by atoms with Crippen LogP contribution in [0.25, 0.3) is 0 Å². The first-order valence-corrected chi connectivity index (χ1v) is 6.79. The smallest absolute Gasteiger partial charge is 0.145 e. The fourth-order valence-electron chi connectivity index (χ4n) is 2.44. The molecule has 0 spiro atoms. The third-order valence-corrected chi connectivity index (χ3v) is 3.50. The molecular weight excluding hydrogens is 242 g/mol. The highest BCUT2D eigenvalue weighted by Crippen LogP contribution is 2.25. The van der Waals surface area contributed by atoms with E-state index in [1.165, 1.54) is 6.42 Å². The minimum Gasteiger partial charge on any atom is -0.379 e. The summed E-state index contributed by atoms with van der Waals surface area (Å²) in [6.07, 6.45) is 3.63. The largest absolute Gasteiger partial charge is 0.379 e. The Bertz CT molecular complexity index is 423. The second kappa shape index (κ2) is 6.16. The molecule has 1 aromatic rings. The van der Waals surface area contributed by atoms with Gasteiger partial charge in [-0.2, -0.15) is 0 Å². The van der Waals surface area contributed by atoms with E-state index in [1.807, 2.05) is 6.07 Å². The van der Waals surface area contributed by atoms with Crippen molar-refractivity contribution in [1.29, 1.82) is 0 Å². The highest BCUT2D eigenvalue weighted by Gasteiger charge is 2.27. The fraction of sp³-hybridized carbons (Fsp3) is 0.692. The van der Waals surface area contributed by atoms with Crippen LogP contribution < -0.4 is 16.6 Å². The standard InChI is InChI=1S/C13H23N5O/c1-8(2)13-16-11(7-12(17-13)18-14)15-9-5-4-6-10(9)19-3/h7-10H,4-6,14H2,1-3H3,(H2,15,16,17,18). The highest BCUT2D eigenvalue weighted by atomic mass is 16.5. The van der Waals surface area contributed by atoms with Crippen LogP contribution in [0.15, 0.2) is 6.07 Å². The summed E-state index contributed by atoms with van der Waals surface area (Å²) in [5, 5.41) is 3.44. The van der Waals surface area contributed by atoms with Gasteiger partial charge in [-0.25, -0.2) is 15.8 Å². The molecule has 2 rings (SSSR count). The zero-order valence-electron chi connectivity index (χ0n) is 11.8. The number of nitrogen functional groups attached to an aromatic ring is 1. The molecule has 1 aromatic heterocycles. The van der Waals surface area contributed by atoms with Crippen LogP contribution in [0.3, 0.4) is 0 Å². The number of hydrogen-bond acceptors (Lipinski definition) is 6. The monoisotopic (exact) mass is 265 g/mol. The topological polar surface area (TPSA) is 85.1 Å². The Morgan fingerprint density at radius 1 is 1.32 bits per heavy atom. The van der Waals surface area contributed by atoms with Crippen molar-refractivity contribution in [3.8, 4) is 0 Å². The second-order valence-corrected chi connectivity index (χ2v) is 5.25. The van der Waals surface area contributed by atoms with Crippen molar-refractivity contribution in [1.82, 2.24) is 9.97 Å². The van der Waals surface area contributed by atoms with E-state index in [0.29, 0.717) is 11.9 Å². The van der Waals surface area contributed by atoms with E-state index in [9.17, 15) is 0 Å². The molecule has 1 fully saturated rings. The fourth-order valence-corrected chi connectivity index (χ4v) is 2.44. The van der Waals surface area contributed by atoms with Crippen LogP contribution in [0.4, 0.5) is 11.6 Å². The van der Waals surface area contributed by atoms with E-state index >= 15 is 0 Å². The van der Waals surface area contributed by atoms with Gasteiger partial charge in [-0.1, -0.05) is 13.8 Å². The van der Waals surface area contributed by atoms with Gasteiger partial charge in [0.25, 0.3) is 0 Å². The van der Waals surface area contributed by atoms with Gasteiger partial charge < -0.3 is 15.5 Å². The minimum absolute atomic E-state index is 0.256. The number of nitrogens with zero attached hydrogens (tertiary/aromatic N) is 2. The summed E-state index contributed by atoms with van der Waals surface area (Å²) in [6.45, 7) is 4.12. The van der Waals surface area contributed by atoms with Crippen molar-refractivity contribution >= 4 is 11.6 Å². The Morgan fingerprint density at radius 3 is 2.68 bits per heavy atom. The van der Waals surface area contributed by atoms with Gasteiger partial charge in [-0.15, -0.1) is 0 Å². The number of aromatic nitrogens is 2. The average Bonchev–Trinajstić information content (AvgIpc) is 2.85. The lowest BCUT2D eigenvalue weighted by Gasteiger charge is -2.21. The number of anilines is 2. The van der Waals surface area contributed by atoms with Crippen molar-refractivity contribution < 1.29 is 4.74 Å². The number of ether oxygens (including phenoxy) is 1. The Labute approximate surface area is 114 Å². The molecule has 19 heavy (non-hydrogen) atoms. The zero-order chi connectivity index (χ0) is 13.8. The van der Waals surface area contributed by atoms with Crippen molar-refractivity contribution in [2.24, 2.45) is 5.84 Å². The van der Waals surface area contributed by atoms with Crippen molar-refractivity contribution in [2.45, 2.75) is 51.2 Å². The average molecular weight is 265 g/mol. The molecule has 1 saturated carbocycles. The summed E-state index contributed by atoms with van der Waals surface area (Å²) in [7, 11) is 1.76. The molecule has 106 valence electrons. The van der Waals surface area contributed by atoms with Crippen LogP contribution in [0.1, 0.15) is 44.9 Å². The second-order valence-electron chi connectivity index (χ2n) is 5.25. The van der Waals surface area contributed by atoms with Crippen LogP contribution in [-0.2, 0) is 4.74 Å². The summed E-state index contributed by atoms with van der Waals surface area (Å²) in [4.78, 5) is 8.89. The molecular formula is C13H23N5O. The number of nitrogens with one attached hydrogen (secondary N) is 2. The van der Waals surface area contributed by atoms with Gasteiger partial charge in [0.1, 0.15) is 17.5 Å². The molecule has 0 aromatic carbocycles. The predicted molar refractivity (Wildman–Crippen MR) is 76.0 cm³/mol. The number of methoxy groups -OCH3 is 1. The lowest BCUT2D eigenvalue weighted by molar-refractivity contribution is 0.101. The highest BCUT2D eigenvalue weighted by molar-refractivity contribution is 5.48. The van der Waals surface area contributed by atoms with E-state index in [0.717, 1.165) is 24.5 Å². The van der Waals surface area contributed by atoms with Gasteiger partial charge in [-0.05, 0) is 19.3 Å². The number of nitrogens with two attached hydrogens (primary N) is 1. The Hall–Kier alpha value is -1.40. The molecule has 1 heterocycles. The first-order valence-electron chi connectivity index (χ1n) is 6.79. The lowest BCUT2D eigenvalue weighted by Crippen LogP contribution is -2.30. The Balaban J connectivity index is 2.17. The third kappa shape index (κ3) is 3.33. The lowest BCUT2D eigenvalue weighted by atomic mass is 10.2. The number of rotatable bonds is 5. The van der Waals surface area contributed by atoms with Crippen molar-refractivity contribution in [3.63, 3.8) is 0 Å². The van der Waals surface area contributed by atoms with Crippen LogP contribution in [0.5, 0.6) is 0 Å². The Kier molecular flexibility index (Phi) is 4.55. The summed E-state index contributed by atoms with van der Waals surface area (Å²) < 4.78 is 5.48. The molecule has 2 unspecified atom stereocenters. The van der Waals surface area contributed by atoms with Crippen LogP contribution in [-0.4, -0.2) is 29.2 Å². The maximum Gasteiger partial charge on any atom is 0.145 e. The molecule has 0 bridgehead atoms.